The van der Waals surface area contributed by atoms with Crippen molar-refractivity contribution in [2.24, 2.45) is 56.2 Å². The number of ether oxygens (including phenoxy) is 1. The highest BCUT2D eigenvalue weighted by Crippen LogP contribution is 2.77. The quantitative estimate of drug-likeness (QED) is 0.251. The SMILES string of the molecule is CC(C)C1=C2[C@H]3CC[C@@H]4[C@@]5(C)CC[C@H](OC(=O)CC(C)(C)C(=O)O)C(C)(C)[C@@H]5CC[C@@]4(C)[C@]3(C)CC[C@@]2([C@H](O)c2nnc(-c3ccc(F)cn3)o2)CC1=O. The lowest BCUT2D eigenvalue weighted by atomic mass is 9.33. The van der Waals surface area contributed by atoms with Gasteiger partial charge in [0.1, 0.15) is 23.7 Å². The highest BCUT2D eigenvalue weighted by molar-refractivity contribution is 6.00. The van der Waals surface area contributed by atoms with Gasteiger partial charge in [-0.05, 0) is 128 Å². The van der Waals surface area contributed by atoms with Crippen LogP contribution in [0, 0.1) is 62.0 Å². The lowest BCUT2D eigenvalue weighted by Crippen LogP contribution is -2.66. The number of aliphatic hydroxyl groups is 1. The molecular weight excluding hydrogens is 689 g/mol. The maximum atomic E-state index is 14.1. The van der Waals surface area contributed by atoms with E-state index < -0.39 is 34.7 Å². The summed E-state index contributed by atoms with van der Waals surface area (Å²) in [6.07, 6.45) is 6.66. The van der Waals surface area contributed by atoms with Crippen LogP contribution in [0.15, 0.2) is 33.9 Å². The van der Waals surface area contributed by atoms with Crippen LogP contribution in [0.4, 0.5) is 4.39 Å². The first-order chi connectivity index (χ1) is 25.1. The fourth-order valence-electron chi connectivity index (χ4n) is 13.0. The van der Waals surface area contributed by atoms with Gasteiger partial charge in [0.25, 0.3) is 5.89 Å². The molecule has 2 N–H and O–H groups in total. The molecule has 0 unspecified atom stereocenters. The molecule has 5 aliphatic rings. The smallest absolute Gasteiger partial charge is 0.309 e. The second kappa shape index (κ2) is 12.8. The molecule has 0 radical (unpaired) electrons. The summed E-state index contributed by atoms with van der Waals surface area (Å²) >= 11 is 0. The summed E-state index contributed by atoms with van der Waals surface area (Å²) in [5.74, 6) is -0.907. The molecule has 2 aromatic heterocycles. The molecule has 0 saturated heterocycles. The maximum Gasteiger partial charge on any atom is 0.309 e. The largest absolute Gasteiger partial charge is 0.481 e. The van der Waals surface area contributed by atoms with E-state index in [0.29, 0.717) is 24.0 Å². The highest BCUT2D eigenvalue weighted by Gasteiger charge is 2.71. The van der Waals surface area contributed by atoms with Gasteiger partial charge in [-0.3, -0.25) is 14.4 Å². The molecule has 10 nitrogen and oxygen atoms in total. The average molecular weight is 748 g/mol. The lowest BCUT2D eigenvalue weighted by Gasteiger charge is -2.72. The van der Waals surface area contributed by atoms with Gasteiger partial charge in [0.15, 0.2) is 5.78 Å². The number of hydrogen-bond acceptors (Lipinski definition) is 9. The van der Waals surface area contributed by atoms with Gasteiger partial charge in [0, 0.05) is 17.3 Å². The zero-order valence-corrected chi connectivity index (χ0v) is 33.4. The van der Waals surface area contributed by atoms with Gasteiger partial charge in [-0.2, -0.15) is 0 Å². The van der Waals surface area contributed by atoms with E-state index in [2.05, 4.69) is 63.6 Å². The van der Waals surface area contributed by atoms with Crippen molar-refractivity contribution in [3.05, 3.63) is 41.2 Å². The van der Waals surface area contributed by atoms with Crippen molar-refractivity contribution in [3.8, 4) is 11.6 Å². The van der Waals surface area contributed by atoms with Gasteiger partial charge in [-0.15, -0.1) is 10.2 Å². The van der Waals surface area contributed by atoms with Crippen LogP contribution in [0.5, 0.6) is 0 Å². The number of fused-ring (bicyclic) bond motifs is 7. The molecular formula is C43H58FN3O7. The van der Waals surface area contributed by atoms with Gasteiger partial charge in [0.05, 0.1) is 18.0 Å². The molecule has 4 fully saturated rings. The summed E-state index contributed by atoms with van der Waals surface area (Å²) in [4.78, 5) is 43.0. The van der Waals surface area contributed by atoms with Crippen molar-refractivity contribution in [1.29, 1.82) is 0 Å². The fraction of sp³-hybridized carbons (Fsp3) is 0.721. The molecule has 0 spiro atoms. The van der Waals surface area contributed by atoms with Gasteiger partial charge < -0.3 is 19.4 Å². The summed E-state index contributed by atoms with van der Waals surface area (Å²) in [5.41, 5.74) is -0.275. The van der Waals surface area contributed by atoms with Crippen molar-refractivity contribution in [3.63, 3.8) is 0 Å². The Morgan fingerprint density at radius 3 is 2.35 bits per heavy atom. The predicted molar refractivity (Wildman–Crippen MR) is 198 cm³/mol. The fourth-order valence-corrected chi connectivity index (χ4v) is 13.0. The number of pyridine rings is 1. The van der Waals surface area contributed by atoms with E-state index in [0.717, 1.165) is 62.3 Å². The third kappa shape index (κ3) is 5.55. The second-order valence-electron chi connectivity index (χ2n) is 19.8. The number of hydrogen-bond donors (Lipinski definition) is 2. The Balaban J connectivity index is 1.19. The number of allylic oxidation sites excluding steroid dienone is 1. The zero-order valence-electron chi connectivity index (χ0n) is 33.4. The topological polar surface area (TPSA) is 153 Å². The molecule has 0 aliphatic heterocycles. The van der Waals surface area contributed by atoms with E-state index in [1.807, 2.05) is 0 Å². The van der Waals surface area contributed by atoms with Crippen LogP contribution in [0.3, 0.4) is 0 Å². The number of carboxylic acids is 1. The van der Waals surface area contributed by atoms with E-state index >= 15 is 0 Å². The van der Waals surface area contributed by atoms with E-state index in [4.69, 9.17) is 9.15 Å². The minimum atomic E-state index is -1.19. The molecule has 2 aromatic rings. The molecule has 11 heteroatoms. The Bertz CT molecular complexity index is 1880. The number of carbonyl (C=O) groups is 3. The summed E-state index contributed by atoms with van der Waals surface area (Å²) in [7, 11) is 0. The molecule has 294 valence electrons. The van der Waals surface area contributed by atoms with E-state index in [1.165, 1.54) is 12.1 Å². The van der Waals surface area contributed by atoms with Crippen molar-refractivity contribution in [2.75, 3.05) is 0 Å². The molecule has 7 rings (SSSR count). The number of carboxylic acid groups (broad SMARTS) is 1. The predicted octanol–water partition coefficient (Wildman–Crippen LogP) is 8.70. The van der Waals surface area contributed by atoms with E-state index in [-0.39, 0.29) is 70.0 Å². The summed E-state index contributed by atoms with van der Waals surface area (Å²) in [5, 5.41) is 30.3. The van der Waals surface area contributed by atoms with Crippen LogP contribution in [0.25, 0.3) is 11.6 Å². The number of esters is 1. The standard InChI is InChI=1S/C43H58FN3O7/c1-23(2)32-27(48)20-43(34(50)36-47-46-35(54-36)26-12-10-24(44)22-45-26)19-18-41(8)25(33(32)43)11-13-29-40(7)16-15-30(53-31(49)21-38(3,4)37(51)52)39(5,6)28(40)14-17-42(29,41)9/h10,12,22-23,25,28-30,34,50H,11,13-21H2,1-9H3,(H,51,52)/t25-,28+,29-,30+,34-,40+,41-,42-,43-/m1/s1. The average Bonchev–Trinajstić information content (AvgIpc) is 3.69. The van der Waals surface area contributed by atoms with Crippen LogP contribution >= 0.6 is 0 Å². The van der Waals surface area contributed by atoms with Gasteiger partial charge in [0.2, 0.25) is 5.89 Å². The first-order valence-corrected chi connectivity index (χ1v) is 20.0. The van der Waals surface area contributed by atoms with Crippen molar-refractivity contribution >= 4 is 17.7 Å². The molecule has 0 bridgehead atoms. The second-order valence-corrected chi connectivity index (χ2v) is 19.8. The van der Waals surface area contributed by atoms with Crippen LogP contribution in [-0.2, 0) is 19.1 Å². The van der Waals surface area contributed by atoms with Crippen molar-refractivity contribution in [1.82, 2.24) is 15.2 Å². The Kier molecular flexibility index (Phi) is 9.18. The number of carbonyl (C=O) groups excluding carboxylic acids is 2. The summed E-state index contributed by atoms with van der Waals surface area (Å²) in [6, 6.07) is 2.73. The van der Waals surface area contributed by atoms with Gasteiger partial charge >= 0.3 is 11.9 Å². The van der Waals surface area contributed by atoms with Crippen LogP contribution in [0.1, 0.15) is 139 Å². The molecule has 0 amide bonds. The monoisotopic (exact) mass is 747 g/mol. The molecule has 4 saturated carbocycles. The number of aliphatic carboxylic acids is 1. The third-order valence-electron chi connectivity index (χ3n) is 16.0. The van der Waals surface area contributed by atoms with Crippen LogP contribution < -0.4 is 0 Å². The number of aromatic nitrogens is 3. The number of ketones is 1. The Labute approximate surface area is 318 Å². The Hall–Kier alpha value is -3.47. The van der Waals surface area contributed by atoms with E-state index in [1.54, 1.807) is 13.8 Å². The highest BCUT2D eigenvalue weighted by atomic mass is 19.1. The Morgan fingerprint density at radius 1 is 0.981 bits per heavy atom. The molecule has 5 aliphatic carbocycles. The first-order valence-electron chi connectivity index (χ1n) is 20.0. The molecule has 54 heavy (non-hydrogen) atoms. The normalized spacial score (nSPS) is 36.6. The molecule has 0 aromatic carbocycles. The first kappa shape index (κ1) is 38.8. The maximum absolute atomic E-state index is 14.1. The number of rotatable bonds is 8. The minimum Gasteiger partial charge on any atom is -0.481 e. The minimum absolute atomic E-state index is 0.00290. The number of aliphatic hydroxyl groups excluding tert-OH is 1. The Morgan fingerprint density at radius 2 is 1.70 bits per heavy atom. The lowest BCUT2D eigenvalue weighted by molar-refractivity contribution is -0.235. The van der Waals surface area contributed by atoms with Crippen LogP contribution in [0.2, 0.25) is 0 Å². The van der Waals surface area contributed by atoms with Crippen LogP contribution in [-0.4, -0.2) is 49.2 Å². The number of nitrogens with zero attached hydrogens (tertiary/aromatic N) is 3. The number of halogens is 1. The molecule has 9 atom stereocenters. The zero-order chi connectivity index (χ0) is 39.4. The van der Waals surface area contributed by atoms with Gasteiger partial charge in [-0.1, -0.05) is 48.5 Å². The van der Waals surface area contributed by atoms with Gasteiger partial charge in [-0.25, -0.2) is 9.37 Å². The van der Waals surface area contributed by atoms with Crippen molar-refractivity contribution in [2.45, 2.75) is 139 Å². The molecule has 2 heterocycles. The summed E-state index contributed by atoms with van der Waals surface area (Å²) < 4.78 is 25.8. The van der Waals surface area contributed by atoms with Crippen molar-refractivity contribution < 1.29 is 38.1 Å². The number of Topliss-reactive ketones (excluding diaryl/α,β-unsaturated/α-hetero) is 1. The summed E-state index contributed by atoms with van der Waals surface area (Å²) in [6.45, 7) is 19.2. The van der Waals surface area contributed by atoms with E-state index in [9.17, 15) is 29.0 Å². The third-order valence-corrected chi connectivity index (χ3v) is 16.0.